The minimum absolute atomic E-state index is 0.352. The first kappa shape index (κ1) is 16.5. The van der Waals surface area contributed by atoms with Gasteiger partial charge in [0.2, 0.25) is 0 Å². The van der Waals surface area contributed by atoms with E-state index in [-0.39, 0.29) is 5.97 Å². The van der Waals surface area contributed by atoms with Gasteiger partial charge < -0.3 is 15.4 Å². The number of ether oxygens (including phenoxy) is 1. The number of hydrogen-bond donors (Lipinski definition) is 2. The molecule has 0 bridgehead atoms. The molecule has 0 amide bonds. The molecule has 0 saturated carbocycles. The van der Waals surface area contributed by atoms with Crippen molar-refractivity contribution in [2.45, 2.75) is 20.4 Å². The molecule has 1 aromatic heterocycles. The maximum Gasteiger partial charge on any atom is 0.341 e. The summed E-state index contributed by atoms with van der Waals surface area (Å²) in [6.07, 6.45) is 0. The summed E-state index contributed by atoms with van der Waals surface area (Å²) in [6.45, 7) is 4.51. The molecule has 0 aliphatic heterocycles. The van der Waals surface area contributed by atoms with Gasteiger partial charge in [0, 0.05) is 11.4 Å². The number of benzene rings is 1. The summed E-state index contributed by atoms with van der Waals surface area (Å²) in [5.41, 5.74) is 2.61. The number of thiocarbonyl (C=S) groups is 1. The van der Waals surface area contributed by atoms with Crippen molar-refractivity contribution in [1.82, 2.24) is 5.32 Å². The smallest absolute Gasteiger partial charge is 0.341 e. The third-order valence-corrected chi connectivity index (χ3v) is 4.67. The largest absolute Gasteiger partial charge is 0.465 e. The number of carbonyl (C=O) groups is 1. The summed E-state index contributed by atoms with van der Waals surface area (Å²) in [5.74, 6) is -0.352. The molecule has 22 heavy (non-hydrogen) atoms. The molecule has 0 fully saturated rings. The molecule has 4 nitrogen and oxygen atoms in total. The van der Waals surface area contributed by atoms with Crippen LogP contribution in [0.2, 0.25) is 0 Å². The summed E-state index contributed by atoms with van der Waals surface area (Å²) in [6, 6.07) is 9.98. The number of carbonyl (C=O) groups excluding carboxylic acids is 1. The number of methoxy groups -OCH3 is 1. The second kappa shape index (κ2) is 7.38. The quantitative estimate of drug-likeness (QED) is 0.660. The lowest BCUT2D eigenvalue weighted by Gasteiger charge is -2.10. The second-order valence-corrected chi connectivity index (χ2v) is 6.41. The standard InChI is InChI=1S/C16H18N2O2S2/c1-10-11(2)22-14(13(10)15(19)20-3)18-16(21)17-9-12-7-5-4-6-8-12/h4-8H,9H2,1-3H3,(H2,17,18,21). The van der Waals surface area contributed by atoms with E-state index in [1.54, 1.807) is 0 Å². The predicted octanol–water partition coefficient (Wildman–Crippen LogP) is 3.64. The lowest BCUT2D eigenvalue weighted by Crippen LogP contribution is -2.28. The Bertz CT molecular complexity index is 681. The zero-order valence-corrected chi connectivity index (χ0v) is 14.4. The van der Waals surface area contributed by atoms with E-state index in [9.17, 15) is 4.79 Å². The molecular weight excluding hydrogens is 316 g/mol. The van der Waals surface area contributed by atoms with E-state index in [0.29, 0.717) is 22.2 Å². The number of esters is 1. The maximum absolute atomic E-state index is 11.9. The van der Waals surface area contributed by atoms with Gasteiger partial charge in [-0.15, -0.1) is 11.3 Å². The van der Waals surface area contributed by atoms with E-state index >= 15 is 0 Å². The first-order valence-corrected chi connectivity index (χ1v) is 8.02. The summed E-state index contributed by atoms with van der Waals surface area (Å²) in [4.78, 5) is 13.0. The number of aryl methyl sites for hydroxylation is 1. The summed E-state index contributed by atoms with van der Waals surface area (Å²) in [7, 11) is 1.38. The summed E-state index contributed by atoms with van der Waals surface area (Å²) < 4.78 is 4.85. The van der Waals surface area contributed by atoms with Gasteiger partial charge in [0.1, 0.15) is 5.00 Å². The molecule has 0 aliphatic carbocycles. The average Bonchev–Trinajstić information content (AvgIpc) is 2.80. The van der Waals surface area contributed by atoms with E-state index < -0.39 is 0 Å². The highest BCUT2D eigenvalue weighted by Crippen LogP contribution is 2.32. The lowest BCUT2D eigenvalue weighted by molar-refractivity contribution is 0.0601. The number of anilines is 1. The summed E-state index contributed by atoms with van der Waals surface area (Å²) >= 11 is 6.80. The van der Waals surface area contributed by atoms with Gasteiger partial charge in [0.05, 0.1) is 12.7 Å². The van der Waals surface area contributed by atoms with Crippen molar-refractivity contribution in [3.8, 4) is 0 Å². The Balaban J connectivity index is 2.05. The predicted molar refractivity (Wildman–Crippen MR) is 94.6 cm³/mol. The lowest BCUT2D eigenvalue weighted by atomic mass is 10.1. The molecule has 0 spiro atoms. The van der Waals surface area contributed by atoms with Crippen LogP contribution in [0.25, 0.3) is 0 Å². The molecule has 0 aliphatic rings. The molecule has 2 aromatic rings. The summed E-state index contributed by atoms with van der Waals surface area (Å²) in [5, 5.41) is 7.43. The highest BCUT2D eigenvalue weighted by molar-refractivity contribution is 7.80. The van der Waals surface area contributed by atoms with E-state index in [4.69, 9.17) is 17.0 Å². The first-order chi connectivity index (χ1) is 10.5. The van der Waals surface area contributed by atoms with Crippen molar-refractivity contribution in [2.75, 3.05) is 12.4 Å². The number of rotatable bonds is 4. The Hall–Kier alpha value is -1.92. The molecule has 116 valence electrons. The topological polar surface area (TPSA) is 50.4 Å². The Morgan fingerprint density at radius 3 is 2.59 bits per heavy atom. The van der Waals surface area contributed by atoms with Gasteiger partial charge >= 0.3 is 5.97 Å². The zero-order valence-electron chi connectivity index (χ0n) is 12.7. The van der Waals surface area contributed by atoms with E-state index in [2.05, 4.69) is 10.6 Å². The van der Waals surface area contributed by atoms with Crippen LogP contribution in [0.3, 0.4) is 0 Å². The van der Waals surface area contributed by atoms with Crippen LogP contribution in [0.4, 0.5) is 5.00 Å². The van der Waals surface area contributed by atoms with Crippen molar-refractivity contribution >= 4 is 39.6 Å². The van der Waals surface area contributed by atoms with Crippen molar-refractivity contribution in [3.05, 3.63) is 51.9 Å². The maximum atomic E-state index is 11.9. The van der Waals surface area contributed by atoms with Gasteiger partial charge in [-0.3, -0.25) is 0 Å². The van der Waals surface area contributed by atoms with Crippen LogP contribution in [0.1, 0.15) is 26.4 Å². The first-order valence-electron chi connectivity index (χ1n) is 6.80. The zero-order chi connectivity index (χ0) is 16.1. The molecule has 2 N–H and O–H groups in total. The van der Waals surface area contributed by atoms with E-state index in [1.165, 1.54) is 18.4 Å². The van der Waals surface area contributed by atoms with Crippen LogP contribution in [-0.4, -0.2) is 18.2 Å². The van der Waals surface area contributed by atoms with Crippen LogP contribution < -0.4 is 10.6 Å². The van der Waals surface area contributed by atoms with Crippen molar-refractivity contribution < 1.29 is 9.53 Å². The van der Waals surface area contributed by atoms with Crippen molar-refractivity contribution in [2.24, 2.45) is 0 Å². The van der Waals surface area contributed by atoms with Gasteiger partial charge in [-0.1, -0.05) is 30.3 Å². The molecule has 2 rings (SSSR count). The molecule has 0 atom stereocenters. The number of nitrogens with one attached hydrogen (secondary N) is 2. The molecular formula is C16H18N2O2S2. The van der Waals surface area contributed by atoms with Gasteiger partial charge in [-0.05, 0) is 37.2 Å². The Morgan fingerprint density at radius 1 is 1.27 bits per heavy atom. The number of hydrogen-bond acceptors (Lipinski definition) is 4. The van der Waals surface area contributed by atoms with Crippen LogP contribution in [0, 0.1) is 13.8 Å². The van der Waals surface area contributed by atoms with Crippen LogP contribution >= 0.6 is 23.6 Å². The Labute approximate surface area is 139 Å². The van der Waals surface area contributed by atoms with Gasteiger partial charge in [0.25, 0.3) is 0 Å². The SMILES string of the molecule is COC(=O)c1c(NC(=S)NCc2ccccc2)sc(C)c1C. The van der Waals surface area contributed by atoms with Crippen molar-refractivity contribution in [3.63, 3.8) is 0 Å². The minimum Gasteiger partial charge on any atom is -0.465 e. The molecule has 1 heterocycles. The van der Waals surface area contributed by atoms with Crippen LogP contribution in [0.15, 0.2) is 30.3 Å². The number of thiophene rings is 1. The monoisotopic (exact) mass is 334 g/mol. The fourth-order valence-corrected chi connectivity index (χ4v) is 3.28. The fourth-order valence-electron chi connectivity index (χ4n) is 1.99. The highest BCUT2D eigenvalue weighted by atomic mass is 32.1. The van der Waals surface area contributed by atoms with E-state index in [1.807, 2.05) is 44.2 Å². The molecule has 0 saturated heterocycles. The van der Waals surface area contributed by atoms with Crippen LogP contribution in [0.5, 0.6) is 0 Å². The van der Waals surface area contributed by atoms with Crippen molar-refractivity contribution in [1.29, 1.82) is 0 Å². The third-order valence-electron chi connectivity index (χ3n) is 3.30. The second-order valence-electron chi connectivity index (χ2n) is 4.77. The molecule has 0 radical (unpaired) electrons. The average molecular weight is 334 g/mol. The van der Waals surface area contributed by atoms with Gasteiger partial charge in [-0.2, -0.15) is 0 Å². The third kappa shape index (κ3) is 3.84. The van der Waals surface area contributed by atoms with Crippen LogP contribution in [-0.2, 0) is 11.3 Å². The van der Waals surface area contributed by atoms with Gasteiger partial charge in [0.15, 0.2) is 5.11 Å². The highest BCUT2D eigenvalue weighted by Gasteiger charge is 2.20. The fraction of sp³-hybridized carbons (Fsp3) is 0.250. The Morgan fingerprint density at radius 2 is 1.95 bits per heavy atom. The minimum atomic E-state index is -0.352. The normalized spacial score (nSPS) is 10.1. The molecule has 1 aromatic carbocycles. The Kier molecular flexibility index (Phi) is 5.51. The van der Waals surface area contributed by atoms with Gasteiger partial charge in [-0.25, -0.2) is 4.79 Å². The molecule has 0 unspecified atom stereocenters. The molecule has 6 heteroatoms. The van der Waals surface area contributed by atoms with E-state index in [0.717, 1.165) is 16.0 Å².